The molecule has 0 fully saturated rings. The summed E-state index contributed by atoms with van der Waals surface area (Å²) in [7, 11) is 1.44. The highest BCUT2D eigenvalue weighted by atomic mass is 31.2. The van der Waals surface area contributed by atoms with Crippen molar-refractivity contribution in [1.82, 2.24) is 0 Å². The van der Waals surface area contributed by atoms with Gasteiger partial charge in [0.1, 0.15) is 19.8 Å². The molecule has 0 rings (SSSR count). The Morgan fingerprint density at radius 3 is 1.13 bits per heavy atom. The Bertz CT molecular complexity index is 1730. The number of hydrogen-bond acceptors (Lipinski definition) is 7. The number of hydrogen-bond donors (Lipinski definition) is 1. The first-order chi connectivity index (χ1) is 36.5. The van der Waals surface area contributed by atoms with E-state index in [1.165, 1.54) is 51.4 Å². The molecule has 1 N–H and O–H groups in total. The molecule has 0 aromatic rings. The van der Waals surface area contributed by atoms with E-state index in [-0.39, 0.29) is 32.0 Å². The van der Waals surface area contributed by atoms with E-state index in [4.69, 9.17) is 18.5 Å². The summed E-state index contributed by atoms with van der Waals surface area (Å²) in [6.07, 6.45) is 79.5. The van der Waals surface area contributed by atoms with E-state index in [9.17, 15) is 19.0 Å². The van der Waals surface area contributed by atoms with Gasteiger partial charge in [-0.05, 0) is 116 Å². The lowest BCUT2D eigenvalue weighted by atomic mass is 10.1. The van der Waals surface area contributed by atoms with Crippen molar-refractivity contribution in [2.24, 2.45) is 0 Å². The van der Waals surface area contributed by atoms with Gasteiger partial charge in [0.25, 0.3) is 0 Å². The van der Waals surface area contributed by atoms with Gasteiger partial charge in [-0.1, -0.05) is 218 Å². The van der Waals surface area contributed by atoms with Gasteiger partial charge >= 0.3 is 19.8 Å². The topological polar surface area (TPSA) is 108 Å². The summed E-state index contributed by atoms with van der Waals surface area (Å²) in [5.74, 6) is -0.836. The summed E-state index contributed by atoms with van der Waals surface area (Å²) in [6.45, 7) is 4.25. The highest BCUT2D eigenvalue weighted by Gasteiger charge is 2.27. The molecule has 2 atom stereocenters. The zero-order chi connectivity index (χ0) is 54.9. The van der Waals surface area contributed by atoms with Crippen molar-refractivity contribution < 1.29 is 42.1 Å². The van der Waals surface area contributed by atoms with E-state index in [1.54, 1.807) is 0 Å². The maximum Gasteiger partial charge on any atom is 0.472 e. The normalized spacial score (nSPS) is 14.3. The molecule has 0 saturated heterocycles. The molecule has 0 amide bonds. The lowest BCUT2D eigenvalue weighted by molar-refractivity contribution is -0.870. The van der Waals surface area contributed by atoms with Gasteiger partial charge in [0.15, 0.2) is 6.10 Å². The first kappa shape index (κ1) is 71.2. The first-order valence-electron chi connectivity index (χ1n) is 29.4. The average Bonchev–Trinajstić information content (AvgIpc) is 3.37. The number of likely N-dealkylation sites (N-methyl/N-ethyl adjacent to an activating group) is 1. The van der Waals surface area contributed by atoms with Crippen LogP contribution in [0.1, 0.15) is 213 Å². The van der Waals surface area contributed by atoms with Crippen molar-refractivity contribution in [2.45, 2.75) is 219 Å². The van der Waals surface area contributed by atoms with Gasteiger partial charge in [0.05, 0.1) is 27.7 Å². The number of quaternary nitrogens is 1. The maximum absolute atomic E-state index is 12.8. The first-order valence-corrected chi connectivity index (χ1v) is 30.9. The summed E-state index contributed by atoms with van der Waals surface area (Å²) >= 11 is 0. The summed E-state index contributed by atoms with van der Waals surface area (Å²) in [6, 6.07) is 0. The maximum atomic E-state index is 12.8. The zero-order valence-electron chi connectivity index (χ0n) is 48.2. The van der Waals surface area contributed by atoms with E-state index in [1.807, 2.05) is 21.1 Å². The Morgan fingerprint density at radius 2 is 0.760 bits per heavy atom. The molecule has 0 radical (unpaired) electrons. The smallest absolute Gasteiger partial charge is 0.462 e. The lowest BCUT2D eigenvalue weighted by Crippen LogP contribution is -2.37. The fraction of sp³-hybridized carbons (Fsp3) is 0.631. The van der Waals surface area contributed by atoms with Crippen LogP contribution in [0.4, 0.5) is 0 Å². The van der Waals surface area contributed by atoms with Crippen LogP contribution in [0.5, 0.6) is 0 Å². The van der Waals surface area contributed by atoms with E-state index >= 15 is 0 Å². The largest absolute Gasteiger partial charge is 0.472 e. The number of carbonyl (C=O) groups is 2. The predicted molar refractivity (Wildman–Crippen MR) is 320 cm³/mol. The van der Waals surface area contributed by atoms with E-state index in [0.29, 0.717) is 23.9 Å². The zero-order valence-corrected chi connectivity index (χ0v) is 49.1. The monoisotopic (exact) mass is 1060 g/mol. The minimum absolute atomic E-state index is 0.0198. The highest BCUT2D eigenvalue weighted by Crippen LogP contribution is 2.43. The van der Waals surface area contributed by atoms with E-state index < -0.39 is 26.5 Å². The number of esters is 2. The molecule has 0 aromatic carbocycles. The third-order valence-corrected chi connectivity index (χ3v) is 12.9. The van der Waals surface area contributed by atoms with E-state index in [0.717, 1.165) is 122 Å². The number of nitrogens with zero attached hydrogens (tertiary/aromatic N) is 1. The molecule has 0 aliphatic carbocycles. The van der Waals surface area contributed by atoms with Crippen LogP contribution in [-0.2, 0) is 32.7 Å². The van der Waals surface area contributed by atoms with Crippen LogP contribution in [0.3, 0.4) is 0 Å². The molecule has 0 heterocycles. The fourth-order valence-electron chi connectivity index (χ4n) is 7.39. The summed E-state index contributed by atoms with van der Waals surface area (Å²) in [5, 5.41) is 0. The Balaban J connectivity index is 4.21. The van der Waals surface area contributed by atoms with Gasteiger partial charge in [-0.15, -0.1) is 0 Å². The molecule has 0 aliphatic rings. The van der Waals surface area contributed by atoms with Gasteiger partial charge in [0, 0.05) is 12.8 Å². The number of phosphoric acid groups is 1. The van der Waals surface area contributed by atoms with Crippen LogP contribution >= 0.6 is 7.82 Å². The van der Waals surface area contributed by atoms with Gasteiger partial charge in [-0.2, -0.15) is 0 Å². The van der Waals surface area contributed by atoms with Crippen molar-refractivity contribution in [1.29, 1.82) is 0 Å². The predicted octanol–water partition coefficient (Wildman–Crippen LogP) is 18.5. The van der Waals surface area contributed by atoms with Gasteiger partial charge < -0.3 is 18.9 Å². The number of carbonyl (C=O) groups excluding carboxylic acids is 2. The quantitative estimate of drug-likeness (QED) is 0.0211. The number of ether oxygens (including phenoxy) is 2. The van der Waals surface area contributed by atoms with Gasteiger partial charge in [-0.25, -0.2) is 4.57 Å². The second kappa shape index (κ2) is 54.9. The molecule has 0 spiro atoms. The van der Waals surface area contributed by atoms with Crippen LogP contribution in [0, 0.1) is 0 Å². The van der Waals surface area contributed by atoms with Gasteiger partial charge in [0.2, 0.25) is 0 Å². The molecule has 0 saturated carbocycles. The molecule has 0 bridgehead atoms. The Hall–Kier alpha value is -3.85. The minimum atomic E-state index is -4.40. The van der Waals surface area contributed by atoms with Crippen molar-refractivity contribution in [3.05, 3.63) is 134 Å². The highest BCUT2D eigenvalue weighted by molar-refractivity contribution is 7.47. The second-order valence-corrected chi connectivity index (χ2v) is 21.7. The van der Waals surface area contributed by atoms with Crippen LogP contribution in [0.2, 0.25) is 0 Å². The van der Waals surface area contributed by atoms with E-state index in [2.05, 4.69) is 148 Å². The van der Waals surface area contributed by atoms with Crippen LogP contribution < -0.4 is 0 Å². The number of allylic oxidation sites excluding steroid dienone is 22. The molecular formula is C65H109NO8P+. The minimum Gasteiger partial charge on any atom is -0.462 e. The summed E-state index contributed by atoms with van der Waals surface area (Å²) in [5.41, 5.74) is 0. The Labute approximate surface area is 460 Å². The third-order valence-electron chi connectivity index (χ3n) is 11.9. The van der Waals surface area contributed by atoms with Crippen LogP contribution in [0.15, 0.2) is 134 Å². The number of phosphoric ester groups is 1. The molecule has 0 aliphatic heterocycles. The standard InChI is InChI=1S/C65H108NO8P/c1-6-8-10-12-14-16-18-20-22-24-25-26-27-28-29-30-31-32-33-34-35-36-37-38-39-40-41-42-44-46-48-50-52-54-56-58-65(68)74-63(62-73-75(69,70)72-60-59-66(3,4)5)61-71-64(67)57-55-53-51-49-47-45-43-23-21-19-17-15-13-11-9-7-2/h8,10,14,16-17,19-20,22-23,25-26,28-29,31-32,34-35,37-38,40-41,43,63H,6-7,9,11-13,15,18,21,24,27,30,33,36,39,42,44-62H2,1-5H3/p+1/b10-8-,16-14-,19-17-,22-20-,26-25-,29-28-,32-31-,35-34-,38-37-,41-40-,43-23-. The van der Waals surface area contributed by atoms with Crippen molar-refractivity contribution in [3.8, 4) is 0 Å². The second-order valence-electron chi connectivity index (χ2n) is 20.3. The molecule has 10 heteroatoms. The molecule has 0 aromatic heterocycles. The summed E-state index contributed by atoms with van der Waals surface area (Å²) < 4.78 is 34.5. The number of unbranched alkanes of at least 4 members (excludes halogenated alkanes) is 16. The average molecular weight is 1060 g/mol. The lowest BCUT2D eigenvalue weighted by Gasteiger charge is -2.24. The molecule has 426 valence electrons. The van der Waals surface area contributed by atoms with Crippen molar-refractivity contribution >= 4 is 19.8 Å². The fourth-order valence-corrected chi connectivity index (χ4v) is 8.13. The molecule has 9 nitrogen and oxygen atoms in total. The molecule has 75 heavy (non-hydrogen) atoms. The third kappa shape index (κ3) is 59.3. The SMILES string of the molecule is CC/C=C\C/C=C\C/C=C\C/C=C\C/C=C\C/C=C\C/C=C\C/C=C\C/C=C\CCCCCCCCCC(=O)OC(COC(=O)CCCCCCC/C=C\C/C=C\CCCCCC)COP(=O)(O)OCC[N+](C)(C)C. The molecular weight excluding hydrogens is 954 g/mol. The number of rotatable bonds is 52. The molecule has 2 unspecified atom stereocenters. The van der Waals surface area contributed by atoms with Crippen LogP contribution in [0.25, 0.3) is 0 Å². The van der Waals surface area contributed by atoms with Crippen LogP contribution in [-0.4, -0.2) is 74.9 Å². The van der Waals surface area contributed by atoms with Crippen molar-refractivity contribution in [2.75, 3.05) is 47.5 Å². The van der Waals surface area contributed by atoms with Gasteiger partial charge in [-0.3, -0.25) is 18.6 Å². The van der Waals surface area contributed by atoms with Crippen molar-refractivity contribution in [3.63, 3.8) is 0 Å². The summed E-state index contributed by atoms with van der Waals surface area (Å²) in [4.78, 5) is 35.6. The Morgan fingerprint density at radius 1 is 0.427 bits per heavy atom. The Kier molecular flexibility index (Phi) is 52.1.